The van der Waals surface area contributed by atoms with E-state index in [-0.39, 0.29) is 5.92 Å². The molecule has 2 fully saturated rings. The molecule has 33 heavy (non-hydrogen) atoms. The molecular formula is C29H39NO3. The van der Waals surface area contributed by atoms with Crippen LogP contribution in [0.1, 0.15) is 71.3 Å². The number of carbonyl (C=O) groups is 1. The van der Waals surface area contributed by atoms with Crippen molar-refractivity contribution in [1.82, 2.24) is 5.32 Å². The van der Waals surface area contributed by atoms with Crippen LogP contribution in [0, 0.1) is 17.3 Å². The Morgan fingerprint density at radius 1 is 0.970 bits per heavy atom. The van der Waals surface area contributed by atoms with Gasteiger partial charge in [-0.3, -0.25) is 4.79 Å². The number of hydrogen-bond acceptors (Lipinski definition) is 3. The Kier molecular flexibility index (Phi) is 7.43. The summed E-state index contributed by atoms with van der Waals surface area (Å²) >= 11 is 0. The maximum atomic E-state index is 11.2. The summed E-state index contributed by atoms with van der Waals surface area (Å²) in [4.78, 5) is 11.2. The third kappa shape index (κ3) is 6.38. The van der Waals surface area contributed by atoms with Gasteiger partial charge in [0.2, 0.25) is 0 Å². The Hall–Kier alpha value is -2.33. The van der Waals surface area contributed by atoms with E-state index in [1.807, 2.05) is 0 Å². The number of nitrogens with one attached hydrogen (secondary N) is 1. The molecule has 2 aromatic rings. The number of carboxylic acids is 1. The molecule has 2 saturated carbocycles. The van der Waals surface area contributed by atoms with Crippen LogP contribution in [-0.4, -0.2) is 23.2 Å². The fourth-order valence-electron chi connectivity index (χ4n) is 5.48. The predicted molar refractivity (Wildman–Crippen MR) is 133 cm³/mol. The summed E-state index contributed by atoms with van der Waals surface area (Å²) in [6.45, 7) is 7.83. The van der Waals surface area contributed by atoms with Crippen LogP contribution < -0.4 is 10.1 Å². The van der Waals surface area contributed by atoms with Crippen molar-refractivity contribution in [2.24, 2.45) is 17.3 Å². The van der Waals surface area contributed by atoms with Crippen molar-refractivity contribution in [3.63, 3.8) is 0 Å². The average molecular weight is 450 g/mol. The van der Waals surface area contributed by atoms with Crippen LogP contribution in [-0.2, 0) is 11.3 Å². The molecule has 2 aliphatic rings. The lowest BCUT2D eigenvalue weighted by Crippen LogP contribution is -2.30. The molecule has 0 aromatic heterocycles. The standard InChI is InChI=1S/C29H39NO3/c1-29(2,3)24-10-15-27(16-11-24)33-26-13-8-21(9-14-26)22-6-4-5-20(17-22)19-30-25-12-7-23(18-25)28(31)32/h4-6,8-9,13-14,17,23-25,27,30H,7,10-12,15-16,18-19H2,1-3H3,(H,31,32)/t23?,24-,25?,27-. The fourth-order valence-corrected chi connectivity index (χ4v) is 5.48. The van der Waals surface area contributed by atoms with Crippen molar-refractivity contribution in [3.8, 4) is 16.9 Å². The molecule has 2 unspecified atom stereocenters. The van der Waals surface area contributed by atoms with Crippen molar-refractivity contribution >= 4 is 5.97 Å². The molecule has 2 aromatic carbocycles. The molecule has 2 atom stereocenters. The predicted octanol–water partition coefficient (Wildman–Crippen LogP) is 6.68. The monoisotopic (exact) mass is 449 g/mol. The van der Waals surface area contributed by atoms with Crippen LogP contribution >= 0.6 is 0 Å². The van der Waals surface area contributed by atoms with Gasteiger partial charge in [0.15, 0.2) is 0 Å². The van der Waals surface area contributed by atoms with E-state index >= 15 is 0 Å². The molecule has 0 amide bonds. The number of hydrogen-bond donors (Lipinski definition) is 2. The van der Waals surface area contributed by atoms with Gasteiger partial charge in [-0.15, -0.1) is 0 Å². The first-order chi connectivity index (χ1) is 15.8. The lowest BCUT2D eigenvalue weighted by molar-refractivity contribution is -0.141. The van der Waals surface area contributed by atoms with Gasteiger partial charge >= 0.3 is 5.97 Å². The van der Waals surface area contributed by atoms with Gasteiger partial charge in [-0.05, 0) is 91.2 Å². The van der Waals surface area contributed by atoms with Crippen LogP contribution in [0.2, 0.25) is 0 Å². The molecular weight excluding hydrogens is 410 g/mol. The first-order valence-electron chi connectivity index (χ1n) is 12.6. The van der Waals surface area contributed by atoms with Crippen molar-refractivity contribution in [2.75, 3.05) is 0 Å². The second-order valence-electron chi connectivity index (χ2n) is 11.1. The summed E-state index contributed by atoms with van der Waals surface area (Å²) in [6, 6.07) is 17.4. The highest BCUT2D eigenvalue weighted by molar-refractivity contribution is 5.70. The zero-order valence-corrected chi connectivity index (χ0v) is 20.3. The van der Waals surface area contributed by atoms with Gasteiger partial charge in [0, 0.05) is 12.6 Å². The minimum absolute atomic E-state index is 0.192. The van der Waals surface area contributed by atoms with E-state index in [0.29, 0.717) is 17.6 Å². The van der Waals surface area contributed by atoms with Crippen molar-refractivity contribution in [1.29, 1.82) is 0 Å². The fraction of sp³-hybridized carbons (Fsp3) is 0.552. The Balaban J connectivity index is 1.30. The van der Waals surface area contributed by atoms with E-state index in [1.165, 1.54) is 29.5 Å². The molecule has 0 heterocycles. The SMILES string of the molecule is CC(C)(C)[C@H]1CC[C@H](Oc2ccc(-c3cccc(CNC4CCC(C(=O)O)C4)c3)cc2)CC1. The van der Waals surface area contributed by atoms with Crippen LogP contribution in [0.15, 0.2) is 48.5 Å². The van der Waals surface area contributed by atoms with Crippen LogP contribution in [0.25, 0.3) is 11.1 Å². The topological polar surface area (TPSA) is 58.6 Å². The van der Waals surface area contributed by atoms with E-state index < -0.39 is 5.97 Å². The molecule has 0 saturated heterocycles. The summed E-state index contributed by atoms with van der Waals surface area (Å²) in [5.74, 6) is 0.910. The maximum absolute atomic E-state index is 11.2. The second kappa shape index (κ2) is 10.3. The molecule has 4 heteroatoms. The molecule has 178 valence electrons. The third-order valence-corrected chi connectivity index (χ3v) is 7.69. The Morgan fingerprint density at radius 3 is 2.33 bits per heavy atom. The van der Waals surface area contributed by atoms with Crippen molar-refractivity contribution < 1.29 is 14.6 Å². The largest absolute Gasteiger partial charge is 0.490 e. The Bertz CT molecular complexity index is 923. The number of ether oxygens (including phenoxy) is 1. The first kappa shape index (κ1) is 23.8. The zero-order chi connectivity index (χ0) is 23.4. The second-order valence-corrected chi connectivity index (χ2v) is 11.1. The number of aliphatic carboxylic acids is 1. The van der Waals surface area contributed by atoms with Crippen LogP contribution in [0.5, 0.6) is 5.75 Å². The highest BCUT2D eigenvalue weighted by Crippen LogP contribution is 2.39. The number of benzene rings is 2. The normalized spacial score (nSPS) is 25.7. The quantitative estimate of drug-likeness (QED) is 0.495. The summed E-state index contributed by atoms with van der Waals surface area (Å²) < 4.78 is 6.30. The Morgan fingerprint density at radius 2 is 1.70 bits per heavy atom. The van der Waals surface area contributed by atoms with E-state index in [9.17, 15) is 9.90 Å². The van der Waals surface area contributed by atoms with Gasteiger partial charge in [-0.2, -0.15) is 0 Å². The Labute approximate surface area is 198 Å². The third-order valence-electron chi connectivity index (χ3n) is 7.69. The summed E-state index contributed by atoms with van der Waals surface area (Å²) in [5.41, 5.74) is 4.00. The molecule has 4 rings (SSSR count). The molecule has 0 spiro atoms. The number of rotatable bonds is 7. The van der Waals surface area contributed by atoms with Crippen molar-refractivity contribution in [2.45, 2.75) is 84.4 Å². The first-order valence-corrected chi connectivity index (χ1v) is 12.6. The van der Waals surface area contributed by atoms with Gasteiger partial charge in [-0.1, -0.05) is 51.1 Å². The minimum atomic E-state index is -0.661. The molecule has 4 nitrogen and oxygen atoms in total. The van der Waals surface area contributed by atoms with E-state index in [0.717, 1.165) is 50.3 Å². The molecule has 0 bridgehead atoms. The van der Waals surface area contributed by atoms with Crippen LogP contribution in [0.3, 0.4) is 0 Å². The summed E-state index contributed by atoms with van der Waals surface area (Å²) in [6.07, 6.45) is 7.58. The zero-order valence-electron chi connectivity index (χ0n) is 20.3. The summed E-state index contributed by atoms with van der Waals surface area (Å²) in [7, 11) is 0. The lowest BCUT2D eigenvalue weighted by atomic mass is 9.72. The van der Waals surface area contributed by atoms with Gasteiger partial charge in [0.25, 0.3) is 0 Å². The average Bonchev–Trinajstić information content (AvgIpc) is 3.28. The van der Waals surface area contributed by atoms with E-state index in [4.69, 9.17) is 4.74 Å². The van der Waals surface area contributed by atoms with Gasteiger partial charge in [0.1, 0.15) is 5.75 Å². The summed E-state index contributed by atoms with van der Waals surface area (Å²) in [5, 5.41) is 12.7. The van der Waals surface area contributed by atoms with E-state index in [1.54, 1.807) is 0 Å². The molecule has 0 aliphatic heterocycles. The molecule has 0 radical (unpaired) electrons. The van der Waals surface area contributed by atoms with Gasteiger partial charge in [0.05, 0.1) is 12.0 Å². The smallest absolute Gasteiger partial charge is 0.306 e. The maximum Gasteiger partial charge on any atom is 0.306 e. The highest BCUT2D eigenvalue weighted by Gasteiger charge is 2.31. The number of carboxylic acid groups (broad SMARTS) is 1. The highest BCUT2D eigenvalue weighted by atomic mass is 16.5. The van der Waals surface area contributed by atoms with Crippen LogP contribution in [0.4, 0.5) is 0 Å². The molecule has 2 aliphatic carbocycles. The molecule has 2 N–H and O–H groups in total. The van der Waals surface area contributed by atoms with E-state index in [2.05, 4.69) is 74.6 Å². The minimum Gasteiger partial charge on any atom is -0.490 e. The van der Waals surface area contributed by atoms with Gasteiger partial charge < -0.3 is 15.2 Å². The lowest BCUT2D eigenvalue weighted by Gasteiger charge is -2.36. The van der Waals surface area contributed by atoms with Gasteiger partial charge in [-0.25, -0.2) is 0 Å². The van der Waals surface area contributed by atoms with Crippen molar-refractivity contribution in [3.05, 3.63) is 54.1 Å².